The molecule has 0 saturated heterocycles. The van der Waals surface area contributed by atoms with Gasteiger partial charge in [0.1, 0.15) is 6.07 Å². The fourth-order valence-electron chi connectivity index (χ4n) is 1.67. The molecule has 0 amide bonds. The summed E-state index contributed by atoms with van der Waals surface area (Å²) >= 11 is 5.69. The SMILES string of the molecule is CC(C)C(O)(c1ccc(C#N)c(Cl)c1)C(F)(F)F. The molecular weight excluding hydrogens is 267 g/mol. The predicted octanol–water partition coefficient (Wildman–Crippen LogP) is 3.62. The molecule has 18 heavy (non-hydrogen) atoms. The zero-order valence-corrected chi connectivity index (χ0v) is 10.5. The average Bonchev–Trinajstić information content (AvgIpc) is 2.25. The molecule has 0 aromatic heterocycles. The first-order valence-corrected chi connectivity index (χ1v) is 5.51. The van der Waals surface area contributed by atoms with Crippen LogP contribution in [0.2, 0.25) is 5.02 Å². The first-order valence-electron chi connectivity index (χ1n) is 5.13. The summed E-state index contributed by atoms with van der Waals surface area (Å²) < 4.78 is 39.0. The molecule has 0 aliphatic carbocycles. The molecule has 1 atom stereocenters. The van der Waals surface area contributed by atoms with E-state index in [1.54, 1.807) is 6.07 Å². The van der Waals surface area contributed by atoms with Gasteiger partial charge in [0.05, 0.1) is 10.6 Å². The van der Waals surface area contributed by atoms with E-state index in [0.29, 0.717) is 0 Å². The second-order valence-electron chi connectivity index (χ2n) is 4.23. The monoisotopic (exact) mass is 277 g/mol. The summed E-state index contributed by atoms with van der Waals surface area (Å²) in [6, 6.07) is 4.96. The van der Waals surface area contributed by atoms with E-state index in [4.69, 9.17) is 16.9 Å². The summed E-state index contributed by atoms with van der Waals surface area (Å²) in [6.07, 6.45) is -4.82. The summed E-state index contributed by atoms with van der Waals surface area (Å²) in [5.41, 5.74) is -3.28. The maximum absolute atomic E-state index is 13.0. The van der Waals surface area contributed by atoms with Crippen molar-refractivity contribution in [3.8, 4) is 6.07 Å². The molecule has 0 radical (unpaired) electrons. The highest BCUT2D eigenvalue weighted by Crippen LogP contribution is 2.45. The normalized spacial score (nSPS) is 15.3. The van der Waals surface area contributed by atoms with Crippen LogP contribution in [0, 0.1) is 17.2 Å². The fraction of sp³-hybridized carbons (Fsp3) is 0.417. The number of alkyl halides is 3. The van der Waals surface area contributed by atoms with Gasteiger partial charge in [0.25, 0.3) is 0 Å². The summed E-state index contributed by atoms with van der Waals surface area (Å²) in [4.78, 5) is 0. The molecule has 0 saturated carbocycles. The van der Waals surface area contributed by atoms with Crippen molar-refractivity contribution in [3.63, 3.8) is 0 Å². The van der Waals surface area contributed by atoms with E-state index in [0.717, 1.165) is 18.2 Å². The number of hydrogen-bond donors (Lipinski definition) is 1. The zero-order chi connectivity index (χ0) is 14.1. The van der Waals surface area contributed by atoms with Gasteiger partial charge in [0.15, 0.2) is 5.60 Å². The van der Waals surface area contributed by atoms with E-state index in [-0.39, 0.29) is 16.1 Å². The van der Waals surface area contributed by atoms with Crippen LogP contribution in [0.1, 0.15) is 25.0 Å². The highest BCUT2D eigenvalue weighted by molar-refractivity contribution is 6.31. The van der Waals surface area contributed by atoms with E-state index in [1.165, 1.54) is 13.8 Å². The van der Waals surface area contributed by atoms with Crippen molar-refractivity contribution in [2.75, 3.05) is 0 Å². The first kappa shape index (κ1) is 14.8. The largest absolute Gasteiger partial charge is 0.421 e. The number of rotatable bonds is 2. The maximum atomic E-state index is 13.0. The highest BCUT2D eigenvalue weighted by Gasteiger charge is 2.56. The molecule has 1 unspecified atom stereocenters. The molecule has 6 heteroatoms. The average molecular weight is 278 g/mol. The lowest BCUT2D eigenvalue weighted by Gasteiger charge is -2.34. The molecule has 0 heterocycles. The molecule has 1 rings (SSSR count). The summed E-state index contributed by atoms with van der Waals surface area (Å²) in [5, 5.41) is 18.5. The molecule has 0 bridgehead atoms. The van der Waals surface area contributed by atoms with Gasteiger partial charge in [-0.3, -0.25) is 0 Å². The van der Waals surface area contributed by atoms with Crippen LogP contribution in [-0.4, -0.2) is 11.3 Å². The van der Waals surface area contributed by atoms with Crippen LogP contribution in [0.3, 0.4) is 0 Å². The van der Waals surface area contributed by atoms with Crippen molar-refractivity contribution in [3.05, 3.63) is 34.3 Å². The van der Waals surface area contributed by atoms with Gasteiger partial charge < -0.3 is 5.11 Å². The minimum Gasteiger partial charge on any atom is -0.376 e. The van der Waals surface area contributed by atoms with Crippen molar-refractivity contribution in [2.24, 2.45) is 5.92 Å². The number of nitriles is 1. The number of aliphatic hydroxyl groups is 1. The molecular formula is C12H11ClF3NO. The topological polar surface area (TPSA) is 44.0 Å². The Morgan fingerprint density at radius 1 is 1.33 bits per heavy atom. The van der Waals surface area contributed by atoms with Crippen LogP contribution in [0.15, 0.2) is 18.2 Å². The van der Waals surface area contributed by atoms with Crippen LogP contribution < -0.4 is 0 Å². The van der Waals surface area contributed by atoms with Gasteiger partial charge in [-0.25, -0.2) is 0 Å². The summed E-state index contributed by atoms with van der Waals surface area (Å²) in [7, 11) is 0. The number of hydrogen-bond acceptors (Lipinski definition) is 2. The van der Waals surface area contributed by atoms with Crippen LogP contribution in [0.5, 0.6) is 0 Å². The number of halogens is 4. The van der Waals surface area contributed by atoms with Crippen molar-refractivity contribution >= 4 is 11.6 Å². The molecule has 1 N–H and O–H groups in total. The van der Waals surface area contributed by atoms with Gasteiger partial charge >= 0.3 is 6.18 Å². The standard InChI is InChI=1S/C12H11ClF3NO/c1-7(2)11(18,12(14,15)16)9-4-3-8(6-17)10(13)5-9/h3-5,7,18H,1-2H3. The van der Waals surface area contributed by atoms with Crippen molar-refractivity contribution in [2.45, 2.75) is 25.6 Å². The molecule has 1 aromatic rings. The zero-order valence-electron chi connectivity index (χ0n) is 9.72. The van der Waals surface area contributed by atoms with Gasteiger partial charge in [-0.15, -0.1) is 0 Å². The van der Waals surface area contributed by atoms with Crippen molar-refractivity contribution < 1.29 is 18.3 Å². The molecule has 0 spiro atoms. The third-order valence-corrected chi connectivity index (χ3v) is 3.11. The van der Waals surface area contributed by atoms with E-state index in [9.17, 15) is 18.3 Å². The lowest BCUT2D eigenvalue weighted by atomic mass is 9.82. The minimum atomic E-state index is -4.82. The predicted molar refractivity (Wildman–Crippen MR) is 61.0 cm³/mol. The van der Waals surface area contributed by atoms with Crippen LogP contribution in [0.25, 0.3) is 0 Å². The van der Waals surface area contributed by atoms with Gasteiger partial charge in [0, 0.05) is 0 Å². The second kappa shape index (κ2) is 4.79. The lowest BCUT2D eigenvalue weighted by molar-refractivity contribution is -0.283. The Labute approximate surface area is 108 Å². The molecule has 0 fully saturated rings. The lowest BCUT2D eigenvalue weighted by Crippen LogP contribution is -2.46. The Bertz CT molecular complexity index is 493. The molecule has 2 nitrogen and oxygen atoms in total. The van der Waals surface area contributed by atoms with Gasteiger partial charge in [-0.05, 0) is 23.6 Å². The molecule has 1 aromatic carbocycles. The van der Waals surface area contributed by atoms with E-state index < -0.39 is 17.7 Å². The van der Waals surface area contributed by atoms with Crippen LogP contribution >= 0.6 is 11.6 Å². The Balaban J connectivity index is 3.42. The van der Waals surface area contributed by atoms with Crippen molar-refractivity contribution in [1.82, 2.24) is 0 Å². The molecule has 98 valence electrons. The van der Waals surface area contributed by atoms with E-state index in [1.807, 2.05) is 0 Å². The van der Waals surface area contributed by atoms with E-state index in [2.05, 4.69) is 0 Å². The minimum absolute atomic E-state index is 0.0636. The Kier molecular flexibility index (Phi) is 3.94. The van der Waals surface area contributed by atoms with Gasteiger partial charge in [0.2, 0.25) is 0 Å². The number of nitrogens with zero attached hydrogens (tertiary/aromatic N) is 1. The number of benzene rings is 1. The molecule has 0 aliphatic heterocycles. The Morgan fingerprint density at radius 3 is 2.22 bits per heavy atom. The summed E-state index contributed by atoms with van der Waals surface area (Å²) in [5.74, 6) is -1.08. The first-order chi connectivity index (χ1) is 8.14. The van der Waals surface area contributed by atoms with Crippen LogP contribution in [0.4, 0.5) is 13.2 Å². The Hall–Kier alpha value is -1.25. The third-order valence-electron chi connectivity index (χ3n) is 2.80. The van der Waals surface area contributed by atoms with Gasteiger partial charge in [-0.1, -0.05) is 31.5 Å². The Morgan fingerprint density at radius 2 is 1.89 bits per heavy atom. The maximum Gasteiger partial charge on any atom is 0.421 e. The fourth-order valence-corrected chi connectivity index (χ4v) is 1.89. The van der Waals surface area contributed by atoms with Crippen molar-refractivity contribution in [1.29, 1.82) is 5.26 Å². The second-order valence-corrected chi connectivity index (χ2v) is 4.63. The highest BCUT2D eigenvalue weighted by atomic mass is 35.5. The smallest absolute Gasteiger partial charge is 0.376 e. The van der Waals surface area contributed by atoms with E-state index >= 15 is 0 Å². The quantitative estimate of drug-likeness (QED) is 0.897. The third kappa shape index (κ3) is 2.31. The summed E-state index contributed by atoms with van der Waals surface area (Å²) in [6.45, 7) is 2.53. The van der Waals surface area contributed by atoms with Crippen LogP contribution in [-0.2, 0) is 5.60 Å². The molecule has 0 aliphatic rings. The van der Waals surface area contributed by atoms with Gasteiger partial charge in [-0.2, -0.15) is 18.4 Å².